The normalized spacial score (nSPS) is 19.3. The lowest BCUT2D eigenvalue weighted by Gasteiger charge is -2.27. The van der Waals surface area contributed by atoms with Crippen molar-refractivity contribution in [3.05, 3.63) is 58.5 Å². The molecule has 0 bridgehead atoms. The van der Waals surface area contributed by atoms with Crippen molar-refractivity contribution in [2.75, 3.05) is 26.3 Å². The summed E-state index contributed by atoms with van der Waals surface area (Å²) < 4.78 is 5.38. The number of morpholine rings is 1. The number of rotatable bonds is 4. The van der Waals surface area contributed by atoms with Crippen molar-refractivity contribution < 1.29 is 14.6 Å². The number of nitrogens with zero attached hydrogens (tertiary/aromatic N) is 2. The van der Waals surface area contributed by atoms with Gasteiger partial charge in [-0.25, -0.2) is 0 Å². The van der Waals surface area contributed by atoms with E-state index in [0.29, 0.717) is 29.8 Å². The Kier molecular flexibility index (Phi) is 6.25. The van der Waals surface area contributed by atoms with E-state index in [1.54, 1.807) is 6.07 Å². The van der Waals surface area contributed by atoms with Crippen LogP contribution < -0.4 is 0 Å². The second-order valence-electron chi connectivity index (χ2n) is 7.62. The van der Waals surface area contributed by atoms with Crippen LogP contribution >= 0.6 is 11.8 Å². The zero-order valence-corrected chi connectivity index (χ0v) is 18.1. The second kappa shape index (κ2) is 9.06. The van der Waals surface area contributed by atoms with Crippen molar-refractivity contribution in [2.24, 2.45) is 4.99 Å². The molecule has 156 valence electrons. The average Bonchev–Trinajstić information content (AvgIpc) is 3.14. The van der Waals surface area contributed by atoms with E-state index in [1.807, 2.05) is 30.3 Å². The highest BCUT2D eigenvalue weighted by molar-refractivity contribution is 8.18. The summed E-state index contributed by atoms with van der Waals surface area (Å²) >= 11 is 1.43. The molecule has 2 aromatic carbocycles. The Morgan fingerprint density at radius 1 is 1.20 bits per heavy atom. The number of hydrogen-bond acceptors (Lipinski definition) is 5. The van der Waals surface area contributed by atoms with Gasteiger partial charge in [0.25, 0.3) is 5.91 Å². The molecule has 4 rings (SSSR count). The topological polar surface area (TPSA) is 62.1 Å². The fraction of sp³-hybridized carbons (Fsp3) is 0.333. The van der Waals surface area contributed by atoms with Crippen LogP contribution in [0.5, 0.6) is 5.75 Å². The van der Waals surface area contributed by atoms with Crippen molar-refractivity contribution in [3.8, 4) is 16.9 Å². The maximum Gasteiger partial charge on any atom is 0.286 e. The Labute approximate surface area is 181 Å². The first-order chi connectivity index (χ1) is 14.5. The molecule has 2 aliphatic heterocycles. The smallest absolute Gasteiger partial charge is 0.286 e. The SMILES string of the molecule is CCC(C)c1cc(-c2cccc(/C=C3/SC(N4CCOCC4)=NC3=O)c2)ccc1O. The van der Waals surface area contributed by atoms with Gasteiger partial charge in [0.2, 0.25) is 0 Å². The van der Waals surface area contributed by atoms with Crippen molar-refractivity contribution in [2.45, 2.75) is 26.2 Å². The molecule has 1 unspecified atom stereocenters. The van der Waals surface area contributed by atoms with Gasteiger partial charge in [-0.1, -0.05) is 38.1 Å². The molecule has 5 nitrogen and oxygen atoms in total. The number of carbonyl (C=O) groups is 1. The van der Waals surface area contributed by atoms with Crippen molar-refractivity contribution >= 4 is 28.9 Å². The zero-order chi connectivity index (χ0) is 21.1. The third-order valence-corrected chi connectivity index (χ3v) is 6.62. The number of benzene rings is 2. The van der Waals surface area contributed by atoms with Crippen LogP contribution in [0.3, 0.4) is 0 Å². The Morgan fingerprint density at radius 2 is 1.97 bits per heavy atom. The molecule has 1 fully saturated rings. The summed E-state index contributed by atoms with van der Waals surface area (Å²) in [5.74, 6) is 0.446. The molecule has 0 spiro atoms. The standard InChI is InChI=1S/C24H26N2O3S/c1-3-16(2)20-15-19(7-8-21(20)27)18-6-4-5-17(13-18)14-22-23(28)25-24(30-22)26-9-11-29-12-10-26/h4-8,13-16,27H,3,9-12H2,1-2H3/b22-14+. The van der Waals surface area contributed by atoms with Gasteiger partial charge in [0, 0.05) is 13.1 Å². The highest BCUT2D eigenvalue weighted by Gasteiger charge is 2.27. The number of amidine groups is 1. The van der Waals surface area contributed by atoms with E-state index in [9.17, 15) is 9.90 Å². The maximum atomic E-state index is 12.4. The molecule has 1 N–H and O–H groups in total. The van der Waals surface area contributed by atoms with Crippen LogP contribution in [0.15, 0.2) is 52.4 Å². The molecule has 1 atom stereocenters. The lowest BCUT2D eigenvalue weighted by atomic mass is 9.93. The molecule has 2 aliphatic rings. The number of amides is 1. The predicted octanol–water partition coefficient (Wildman–Crippen LogP) is 4.88. The van der Waals surface area contributed by atoms with Gasteiger partial charge in [-0.05, 0) is 70.6 Å². The van der Waals surface area contributed by atoms with Crippen molar-refractivity contribution in [3.63, 3.8) is 0 Å². The van der Waals surface area contributed by atoms with Crippen LogP contribution in [-0.4, -0.2) is 47.4 Å². The summed E-state index contributed by atoms with van der Waals surface area (Å²) in [6.07, 6.45) is 2.87. The highest BCUT2D eigenvalue weighted by atomic mass is 32.2. The first-order valence-electron chi connectivity index (χ1n) is 10.3. The minimum absolute atomic E-state index is 0.185. The summed E-state index contributed by atoms with van der Waals surface area (Å²) in [5.41, 5.74) is 4.03. The van der Waals surface area contributed by atoms with Gasteiger partial charge in [0.1, 0.15) is 5.75 Å². The molecular weight excluding hydrogens is 396 g/mol. The minimum atomic E-state index is -0.185. The molecule has 0 aliphatic carbocycles. The Morgan fingerprint density at radius 3 is 2.73 bits per heavy atom. The Bertz CT molecular complexity index is 1010. The second-order valence-corrected chi connectivity index (χ2v) is 8.63. The summed E-state index contributed by atoms with van der Waals surface area (Å²) in [7, 11) is 0. The number of ether oxygens (including phenoxy) is 1. The van der Waals surface area contributed by atoms with Crippen LogP contribution in [0.4, 0.5) is 0 Å². The third-order valence-electron chi connectivity index (χ3n) is 5.58. The van der Waals surface area contributed by atoms with Crippen molar-refractivity contribution in [1.82, 2.24) is 4.90 Å². The molecule has 0 aromatic heterocycles. The number of aliphatic imine (C=N–C) groups is 1. The molecule has 2 aromatic rings. The minimum Gasteiger partial charge on any atom is -0.508 e. The fourth-order valence-corrected chi connectivity index (χ4v) is 4.56. The van der Waals surface area contributed by atoms with Gasteiger partial charge in [-0.3, -0.25) is 4.79 Å². The van der Waals surface area contributed by atoms with Gasteiger partial charge in [-0.2, -0.15) is 4.99 Å². The van der Waals surface area contributed by atoms with E-state index < -0.39 is 0 Å². The number of aromatic hydroxyl groups is 1. The Balaban J connectivity index is 1.57. The lowest BCUT2D eigenvalue weighted by Crippen LogP contribution is -2.38. The largest absolute Gasteiger partial charge is 0.508 e. The van der Waals surface area contributed by atoms with Gasteiger partial charge < -0.3 is 14.7 Å². The van der Waals surface area contributed by atoms with Crippen LogP contribution in [0.2, 0.25) is 0 Å². The van der Waals surface area contributed by atoms with Gasteiger partial charge in [0.05, 0.1) is 18.1 Å². The van der Waals surface area contributed by atoms with Gasteiger partial charge >= 0.3 is 0 Å². The van der Waals surface area contributed by atoms with E-state index in [1.165, 1.54) is 11.8 Å². The summed E-state index contributed by atoms with van der Waals surface area (Å²) in [6.45, 7) is 7.10. The summed E-state index contributed by atoms with van der Waals surface area (Å²) in [5, 5.41) is 11.0. The number of phenolic OH excluding ortho intramolecular Hbond substituents is 1. The van der Waals surface area contributed by atoms with E-state index in [0.717, 1.165) is 46.9 Å². The van der Waals surface area contributed by atoms with E-state index >= 15 is 0 Å². The molecule has 1 amide bonds. The Hall–Kier alpha value is -2.57. The monoisotopic (exact) mass is 422 g/mol. The van der Waals surface area contributed by atoms with Crippen LogP contribution in [0, 0.1) is 0 Å². The molecule has 1 saturated heterocycles. The molecular formula is C24H26N2O3S. The molecule has 0 radical (unpaired) electrons. The molecule has 2 heterocycles. The maximum absolute atomic E-state index is 12.4. The van der Waals surface area contributed by atoms with E-state index in [2.05, 4.69) is 35.9 Å². The summed E-state index contributed by atoms with van der Waals surface area (Å²) in [4.78, 5) is 19.4. The number of carbonyl (C=O) groups excluding carboxylic acids is 1. The molecule has 6 heteroatoms. The van der Waals surface area contributed by atoms with E-state index in [4.69, 9.17) is 4.74 Å². The molecule has 30 heavy (non-hydrogen) atoms. The number of thioether (sulfide) groups is 1. The molecule has 0 saturated carbocycles. The summed E-state index contributed by atoms with van der Waals surface area (Å²) in [6, 6.07) is 13.9. The number of phenols is 1. The first-order valence-corrected chi connectivity index (χ1v) is 11.2. The predicted molar refractivity (Wildman–Crippen MR) is 123 cm³/mol. The van der Waals surface area contributed by atoms with Crippen LogP contribution in [-0.2, 0) is 9.53 Å². The van der Waals surface area contributed by atoms with Crippen LogP contribution in [0.25, 0.3) is 17.2 Å². The van der Waals surface area contributed by atoms with Crippen molar-refractivity contribution in [1.29, 1.82) is 0 Å². The highest BCUT2D eigenvalue weighted by Crippen LogP contribution is 2.34. The first kappa shape index (κ1) is 20.7. The fourth-order valence-electron chi connectivity index (χ4n) is 3.60. The van der Waals surface area contributed by atoms with E-state index in [-0.39, 0.29) is 5.91 Å². The zero-order valence-electron chi connectivity index (χ0n) is 17.3. The van der Waals surface area contributed by atoms with Gasteiger partial charge in [-0.15, -0.1) is 0 Å². The van der Waals surface area contributed by atoms with Gasteiger partial charge in [0.15, 0.2) is 5.17 Å². The third kappa shape index (κ3) is 4.45. The number of hydrogen-bond donors (Lipinski definition) is 1. The average molecular weight is 423 g/mol. The lowest BCUT2D eigenvalue weighted by molar-refractivity contribution is -0.113. The van der Waals surface area contributed by atoms with Crippen LogP contribution in [0.1, 0.15) is 37.3 Å². The quantitative estimate of drug-likeness (QED) is 0.712.